The van der Waals surface area contributed by atoms with Gasteiger partial charge in [-0.05, 0) is 12.1 Å². The molecule has 2 rings (SSSR count). The van der Waals surface area contributed by atoms with Crippen LogP contribution in [-0.2, 0) is 6.54 Å². The molecule has 4 heteroatoms. The van der Waals surface area contributed by atoms with Gasteiger partial charge in [0.1, 0.15) is 0 Å². The molecule has 0 spiro atoms. The third kappa shape index (κ3) is 2.03. The summed E-state index contributed by atoms with van der Waals surface area (Å²) in [6.45, 7) is 0.548. The second-order valence-corrected chi connectivity index (χ2v) is 3.55. The first-order valence-corrected chi connectivity index (χ1v) is 5.08. The average molecular weight is 223 g/mol. The molecule has 1 heterocycles. The summed E-state index contributed by atoms with van der Waals surface area (Å²) in [4.78, 5) is 0. The quantitative estimate of drug-likeness (QED) is 0.865. The summed E-state index contributed by atoms with van der Waals surface area (Å²) in [5.74, 6) is 0. The highest BCUT2D eigenvalue weighted by Crippen LogP contribution is 2.26. The average Bonchev–Trinajstić information content (AvgIpc) is 2.67. The maximum Gasteiger partial charge on any atom is 0.0698 e. The summed E-state index contributed by atoms with van der Waals surface area (Å²) < 4.78 is 1.74. The van der Waals surface area contributed by atoms with Crippen LogP contribution in [0.1, 0.15) is 0 Å². The van der Waals surface area contributed by atoms with Gasteiger partial charge in [0.25, 0.3) is 0 Å². The summed E-state index contributed by atoms with van der Waals surface area (Å²) in [6.07, 6.45) is 1.70. The van der Waals surface area contributed by atoms with E-state index in [0.717, 1.165) is 11.3 Å². The van der Waals surface area contributed by atoms with Crippen molar-refractivity contribution in [2.75, 3.05) is 6.61 Å². The maximum atomic E-state index is 8.88. The molecule has 1 N–H and O–H groups in total. The molecule has 0 radical (unpaired) electrons. The summed E-state index contributed by atoms with van der Waals surface area (Å²) in [7, 11) is 0. The molecule has 3 nitrogen and oxygen atoms in total. The normalized spacial score (nSPS) is 10.5. The maximum absolute atomic E-state index is 8.88. The molecule has 0 bridgehead atoms. The monoisotopic (exact) mass is 222 g/mol. The molecule has 0 atom stereocenters. The summed E-state index contributed by atoms with van der Waals surface area (Å²) in [5.41, 5.74) is 1.86. The van der Waals surface area contributed by atoms with E-state index >= 15 is 0 Å². The predicted molar refractivity (Wildman–Crippen MR) is 59.8 cm³/mol. The van der Waals surface area contributed by atoms with E-state index < -0.39 is 0 Å². The van der Waals surface area contributed by atoms with Gasteiger partial charge in [-0.1, -0.05) is 29.8 Å². The van der Waals surface area contributed by atoms with E-state index in [-0.39, 0.29) is 6.61 Å². The molecule has 15 heavy (non-hydrogen) atoms. The number of rotatable bonds is 3. The van der Waals surface area contributed by atoms with E-state index in [1.54, 1.807) is 10.9 Å². The molecule has 1 aromatic carbocycles. The van der Waals surface area contributed by atoms with Crippen molar-refractivity contribution in [2.24, 2.45) is 0 Å². The van der Waals surface area contributed by atoms with Crippen LogP contribution in [-0.4, -0.2) is 21.5 Å². The van der Waals surface area contributed by atoms with Crippen molar-refractivity contribution in [1.82, 2.24) is 9.78 Å². The Kier molecular flexibility index (Phi) is 3.04. The molecular formula is C11H11ClN2O. The van der Waals surface area contributed by atoms with Crippen LogP contribution < -0.4 is 0 Å². The number of aliphatic hydroxyl groups is 1. The standard InChI is InChI=1S/C11H11ClN2O/c12-10-4-2-1-3-9(10)11-5-6-13-14(11)7-8-15/h1-6,15H,7-8H2. The topological polar surface area (TPSA) is 38.0 Å². The van der Waals surface area contributed by atoms with E-state index in [0.29, 0.717) is 11.6 Å². The number of hydrogen-bond donors (Lipinski definition) is 1. The van der Waals surface area contributed by atoms with Crippen LogP contribution >= 0.6 is 11.6 Å². The Bertz CT molecular complexity index is 453. The number of benzene rings is 1. The fraction of sp³-hybridized carbons (Fsp3) is 0.182. The van der Waals surface area contributed by atoms with Gasteiger partial charge in [0.2, 0.25) is 0 Å². The Labute approximate surface area is 92.9 Å². The van der Waals surface area contributed by atoms with Gasteiger partial charge in [0.15, 0.2) is 0 Å². The van der Waals surface area contributed by atoms with Crippen LogP contribution in [0.25, 0.3) is 11.3 Å². The lowest BCUT2D eigenvalue weighted by atomic mass is 10.1. The van der Waals surface area contributed by atoms with Crippen LogP contribution in [0.4, 0.5) is 0 Å². The van der Waals surface area contributed by atoms with Crippen molar-refractivity contribution in [3.63, 3.8) is 0 Å². The fourth-order valence-corrected chi connectivity index (χ4v) is 1.74. The predicted octanol–water partition coefficient (Wildman–Crippen LogP) is 2.20. The molecule has 0 aliphatic rings. The van der Waals surface area contributed by atoms with Crippen molar-refractivity contribution in [1.29, 1.82) is 0 Å². The lowest BCUT2D eigenvalue weighted by Crippen LogP contribution is -2.05. The lowest BCUT2D eigenvalue weighted by Gasteiger charge is -2.07. The van der Waals surface area contributed by atoms with Crippen molar-refractivity contribution in [3.05, 3.63) is 41.6 Å². The van der Waals surface area contributed by atoms with Crippen molar-refractivity contribution in [3.8, 4) is 11.3 Å². The minimum absolute atomic E-state index is 0.0686. The van der Waals surface area contributed by atoms with E-state index in [1.165, 1.54) is 0 Å². The van der Waals surface area contributed by atoms with Gasteiger partial charge < -0.3 is 5.11 Å². The first kappa shape index (κ1) is 10.2. The number of nitrogens with zero attached hydrogens (tertiary/aromatic N) is 2. The number of hydrogen-bond acceptors (Lipinski definition) is 2. The van der Waals surface area contributed by atoms with Gasteiger partial charge in [-0.2, -0.15) is 5.10 Å². The zero-order chi connectivity index (χ0) is 10.7. The highest BCUT2D eigenvalue weighted by Gasteiger charge is 2.07. The van der Waals surface area contributed by atoms with Gasteiger partial charge in [-0.25, -0.2) is 0 Å². The minimum Gasteiger partial charge on any atom is -0.394 e. The third-order valence-corrected chi connectivity index (χ3v) is 2.51. The van der Waals surface area contributed by atoms with E-state index in [9.17, 15) is 0 Å². The SMILES string of the molecule is OCCn1nccc1-c1ccccc1Cl. The molecule has 78 valence electrons. The molecule has 1 aromatic heterocycles. The molecule has 0 aliphatic heterocycles. The zero-order valence-electron chi connectivity index (χ0n) is 8.10. The largest absolute Gasteiger partial charge is 0.394 e. The van der Waals surface area contributed by atoms with Gasteiger partial charge in [0.05, 0.1) is 18.8 Å². The number of aliphatic hydroxyl groups excluding tert-OH is 1. The lowest BCUT2D eigenvalue weighted by molar-refractivity contribution is 0.270. The summed E-state index contributed by atoms with van der Waals surface area (Å²) >= 11 is 6.08. The summed E-state index contributed by atoms with van der Waals surface area (Å²) in [5, 5.41) is 13.7. The second kappa shape index (κ2) is 4.47. The Morgan fingerprint density at radius 1 is 1.27 bits per heavy atom. The smallest absolute Gasteiger partial charge is 0.0698 e. The first-order valence-electron chi connectivity index (χ1n) is 4.70. The molecular weight excluding hydrogens is 212 g/mol. The van der Waals surface area contributed by atoms with E-state index in [1.807, 2.05) is 30.3 Å². The Hall–Kier alpha value is -1.32. The first-order chi connectivity index (χ1) is 7.33. The van der Waals surface area contributed by atoms with Crippen molar-refractivity contribution >= 4 is 11.6 Å². The van der Waals surface area contributed by atoms with Gasteiger partial charge >= 0.3 is 0 Å². The van der Waals surface area contributed by atoms with Crippen LogP contribution in [0.15, 0.2) is 36.5 Å². The second-order valence-electron chi connectivity index (χ2n) is 3.14. The highest BCUT2D eigenvalue weighted by atomic mass is 35.5. The van der Waals surface area contributed by atoms with Gasteiger partial charge in [-0.3, -0.25) is 4.68 Å². The van der Waals surface area contributed by atoms with Gasteiger partial charge in [-0.15, -0.1) is 0 Å². The Balaban J connectivity index is 2.45. The van der Waals surface area contributed by atoms with Crippen LogP contribution in [0.5, 0.6) is 0 Å². The Morgan fingerprint density at radius 2 is 2.07 bits per heavy atom. The molecule has 0 fully saturated rings. The van der Waals surface area contributed by atoms with Crippen LogP contribution in [0.3, 0.4) is 0 Å². The molecule has 0 unspecified atom stereocenters. The molecule has 0 saturated carbocycles. The fourth-order valence-electron chi connectivity index (χ4n) is 1.50. The summed E-state index contributed by atoms with van der Waals surface area (Å²) in [6, 6.07) is 9.48. The number of aromatic nitrogens is 2. The number of halogens is 1. The third-order valence-electron chi connectivity index (χ3n) is 2.18. The molecule has 2 aromatic rings. The molecule has 0 amide bonds. The van der Waals surface area contributed by atoms with Crippen LogP contribution in [0.2, 0.25) is 5.02 Å². The molecule has 0 aliphatic carbocycles. The minimum atomic E-state index is 0.0686. The van der Waals surface area contributed by atoms with E-state index in [2.05, 4.69) is 5.10 Å². The van der Waals surface area contributed by atoms with Crippen LogP contribution in [0, 0.1) is 0 Å². The van der Waals surface area contributed by atoms with E-state index in [4.69, 9.17) is 16.7 Å². The van der Waals surface area contributed by atoms with Crippen molar-refractivity contribution in [2.45, 2.75) is 6.54 Å². The molecule has 0 saturated heterocycles. The van der Waals surface area contributed by atoms with Gasteiger partial charge in [0, 0.05) is 16.8 Å². The zero-order valence-corrected chi connectivity index (χ0v) is 8.85. The highest BCUT2D eigenvalue weighted by molar-refractivity contribution is 6.33. The Morgan fingerprint density at radius 3 is 2.80 bits per heavy atom. The van der Waals surface area contributed by atoms with Crippen molar-refractivity contribution < 1.29 is 5.11 Å².